The summed E-state index contributed by atoms with van der Waals surface area (Å²) in [6.07, 6.45) is 0.0346. The van der Waals surface area contributed by atoms with E-state index in [0.29, 0.717) is 0 Å². The maximum atomic E-state index is 11.3. The Hall–Kier alpha value is -1.26. The molecule has 1 aromatic carbocycles. The number of aromatic hydroxyl groups is 1. The molecule has 0 aromatic heterocycles. The Morgan fingerprint density at radius 1 is 1.29 bits per heavy atom. The number of benzene rings is 1. The molecule has 0 fully saturated rings. The van der Waals surface area contributed by atoms with Crippen molar-refractivity contribution >= 4 is 35.0 Å². The normalized spacial score (nSPS) is 10.3. The Labute approximate surface area is 108 Å². The Morgan fingerprint density at radius 2 is 1.88 bits per heavy atom. The molecule has 1 rings (SSSR count). The molecule has 0 saturated heterocycles. The molecule has 4 nitrogen and oxygen atoms in total. The largest absolute Gasteiger partial charge is 0.506 e. The van der Waals surface area contributed by atoms with Crippen LogP contribution in [0.4, 0.5) is 0 Å². The maximum Gasteiger partial charge on any atom is 0.337 e. The monoisotopic (exact) mass is 276 g/mol. The standard InChI is InChI=1S/C11H10Cl2O4/c1-2-5(14)3-6-9(11(16)17)7(12)4-8(13)10(6)15/h4,15H,2-3H2,1H3,(H,16,17). The highest BCUT2D eigenvalue weighted by atomic mass is 35.5. The van der Waals surface area contributed by atoms with Crippen molar-refractivity contribution < 1.29 is 19.8 Å². The quantitative estimate of drug-likeness (QED) is 0.887. The fraction of sp³-hybridized carbons (Fsp3) is 0.273. The van der Waals surface area contributed by atoms with Crippen LogP contribution in [0.5, 0.6) is 5.75 Å². The number of carboxylic acid groups (broad SMARTS) is 1. The number of hydrogen-bond acceptors (Lipinski definition) is 3. The van der Waals surface area contributed by atoms with Gasteiger partial charge >= 0.3 is 5.97 Å². The van der Waals surface area contributed by atoms with E-state index in [0.717, 1.165) is 6.07 Å². The fourth-order valence-electron chi connectivity index (χ4n) is 1.38. The zero-order valence-electron chi connectivity index (χ0n) is 8.96. The summed E-state index contributed by atoms with van der Waals surface area (Å²) in [6, 6.07) is 1.14. The molecule has 0 spiro atoms. The molecule has 0 bridgehead atoms. The zero-order chi connectivity index (χ0) is 13.2. The van der Waals surface area contributed by atoms with Crippen LogP contribution in [0.3, 0.4) is 0 Å². The number of Topliss-reactive ketones (excluding diaryl/α,β-unsaturated/α-hetero) is 1. The Balaban J connectivity index is 3.42. The molecule has 6 heteroatoms. The number of halogens is 2. The minimum Gasteiger partial charge on any atom is -0.506 e. The van der Waals surface area contributed by atoms with Gasteiger partial charge < -0.3 is 10.2 Å². The molecule has 0 unspecified atom stereocenters. The predicted octanol–water partition coefficient (Wildman–Crippen LogP) is 2.92. The van der Waals surface area contributed by atoms with Gasteiger partial charge in [-0.05, 0) is 6.07 Å². The first-order valence-corrected chi connectivity index (χ1v) is 5.58. The summed E-state index contributed by atoms with van der Waals surface area (Å²) in [7, 11) is 0. The molecule has 0 radical (unpaired) electrons. The Kier molecular flexibility index (Phi) is 4.37. The number of rotatable bonds is 4. The minimum atomic E-state index is -1.30. The number of ketones is 1. The van der Waals surface area contributed by atoms with Gasteiger partial charge in [0.15, 0.2) is 0 Å². The van der Waals surface area contributed by atoms with Gasteiger partial charge in [-0.1, -0.05) is 30.1 Å². The van der Waals surface area contributed by atoms with Gasteiger partial charge in [-0.3, -0.25) is 4.79 Å². The van der Waals surface area contributed by atoms with Crippen molar-refractivity contribution in [2.45, 2.75) is 19.8 Å². The molecule has 0 heterocycles. The van der Waals surface area contributed by atoms with Crippen LogP contribution in [0.2, 0.25) is 10.0 Å². The highest BCUT2D eigenvalue weighted by Crippen LogP contribution is 2.35. The van der Waals surface area contributed by atoms with Gasteiger partial charge in [0, 0.05) is 18.4 Å². The van der Waals surface area contributed by atoms with E-state index in [1.54, 1.807) is 6.92 Å². The number of hydrogen-bond donors (Lipinski definition) is 2. The predicted molar refractivity (Wildman–Crippen MR) is 64.1 cm³/mol. The molecule has 17 heavy (non-hydrogen) atoms. The third-order valence-electron chi connectivity index (χ3n) is 2.29. The zero-order valence-corrected chi connectivity index (χ0v) is 10.5. The van der Waals surface area contributed by atoms with Crippen molar-refractivity contribution in [1.29, 1.82) is 0 Å². The smallest absolute Gasteiger partial charge is 0.337 e. The van der Waals surface area contributed by atoms with E-state index in [-0.39, 0.29) is 39.8 Å². The molecule has 0 saturated carbocycles. The lowest BCUT2D eigenvalue weighted by molar-refractivity contribution is -0.118. The lowest BCUT2D eigenvalue weighted by atomic mass is 10.00. The number of phenols is 1. The van der Waals surface area contributed by atoms with Crippen molar-refractivity contribution in [2.75, 3.05) is 0 Å². The summed E-state index contributed by atoms with van der Waals surface area (Å²) in [6.45, 7) is 1.64. The first-order chi connectivity index (χ1) is 7.88. The van der Waals surface area contributed by atoms with Crippen LogP contribution in [0, 0.1) is 0 Å². The summed E-state index contributed by atoms with van der Waals surface area (Å²) in [5.74, 6) is -1.92. The molecule has 0 aliphatic rings. The molecular formula is C11H10Cl2O4. The topological polar surface area (TPSA) is 74.6 Å². The average molecular weight is 277 g/mol. The summed E-state index contributed by atoms with van der Waals surface area (Å²) in [4.78, 5) is 22.4. The summed E-state index contributed by atoms with van der Waals surface area (Å²) < 4.78 is 0. The van der Waals surface area contributed by atoms with Gasteiger partial charge in [0.1, 0.15) is 11.5 Å². The van der Waals surface area contributed by atoms with Crippen LogP contribution >= 0.6 is 23.2 Å². The van der Waals surface area contributed by atoms with Crippen molar-refractivity contribution in [3.05, 3.63) is 27.2 Å². The van der Waals surface area contributed by atoms with E-state index in [1.807, 2.05) is 0 Å². The van der Waals surface area contributed by atoms with E-state index >= 15 is 0 Å². The third kappa shape index (κ3) is 2.90. The van der Waals surface area contributed by atoms with Gasteiger partial charge in [0.05, 0.1) is 15.6 Å². The van der Waals surface area contributed by atoms with Crippen molar-refractivity contribution in [2.24, 2.45) is 0 Å². The number of phenolic OH excluding ortho intramolecular Hbond substituents is 1. The Morgan fingerprint density at radius 3 is 2.35 bits per heavy atom. The molecule has 0 aliphatic carbocycles. The van der Waals surface area contributed by atoms with E-state index < -0.39 is 11.7 Å². The number of carbonyl (C=O) groups is 2. The number of aromatic carboxylic acids is 1. The average Bonchev–Trinajstić information content (AvgIpc) is 2.24. The van der Waals surface area contributed by atoms with Gasteiger partial charge in [0.2, 0.25) is 0 Å². The summed E-state index contributed by atoms with van der Waals surface area (Å²) in [5.41, 5.74) is -0.322. The number of carbonyl (C=O) groups excluding carboxylic acids is 1. The fourth-order valence-corrected chi connectivity index (χ4v) is 1.97. The van der Waals surface area contributed by atoms with Crippen molar-refractivity contribution in [3.8, 4) is 5.75 Å². The second kappa shape index (κ2) is 5.38. The second-order valence-electron chi connectivity index (χ2n) is 3.42. The number of carboxylic acids is 1. The van der Waals surface area contributed by atoms with E-state index in [2.05, 4.69) is 0 Å². The molecule has 1 aromatic rings. The molecular weight excluding hydrogens is 267 g/mol. The van der Waals surface area contributed by atoms with Crippen LogP contribution in [0.15, 0.2) is 6.07 Å². The van der Waals surface area contributed by atoms with Gasteiger partial charge in [0.25, 0.3) is 0 Å². The molecule has 92 valence electrons. The van der Waals surface area contributed by atoms with Crippen LogP contribution < -0.4 is 0 Å². The first-order valence-electron chi connectivity index (χ1n) is 4.83. The second-order valence-corrected chi connectivity index (χ2v) is 4.23. The molecule has 0 amide bonds. The highest BCUT2D eigenvalue weighted by Gasteiger charge is 2.22. The Bertz CT molecular complexity index is 483. The SMILES string of the molecule is CCC(=O)Cc1c(O)c(Cl)cc(Cl)c1C(=O)O. The van der Waals surface area contributed by atoms with Crippen LogP contribution in [-0.4, -0.2) is 22.0 Å². The van der Waals surface area contributed by atoms with Crippen molar-refractivity contribution in [1.82, 2.24) is 0 Å². The third-order valence-corrected chi connectivity index (χ3v) is 2.87. The highest BCUT2D eigenvalue weighted by molar-refractivity contribution is 6.37. The van der Waals surface area contributed by atoms with Crippen LogP contribution in [0.25, 0.3) is 0 Å². The van der Waals surface area contributed by atoms with Gasteiger partial charge in [-0.2, -0.15) is 0 Å². The molecule has 0 aliphatic heterocycles. The molecule has 2 N–H and O–H groups in total. The van der Waals surface area contributed by atoms with E-state index in [9.17, 15) is 14.7 Å². The van der Waals surface area contributed by atoms with E-state index in [4.69, 9.17) is 28.3 Å². The minimum absolute atomic E-state index is 0.0400. The van der Waals surface area contributed by atoms with Gasteiger partial charge in [-0.15, -0.1) is 0 Å². The van der Waals surface area contributed by atoms with Crippen molar-refractivity contribution in [3.63, 3.8) is 0 Å². The van der Waals surface area contributed by atoms with Crippen LogP contribution in [-0.2, 0) is 11.2 Å². The van der Waals surface area contributed by atoms with Crippen LogP contribution in [0.1, 0.15) is 29.3 Å². The lowest BCUT2D eigenvalue weighted by Crippen LogP contribution is -2.09. The van der Waals surface area contributed by atoms with Gasteiger partial charge in [-0.25, -0.2) is 4.79 Å². The first kappa shape index (κ1) is 13.8. The summed E-state index contributed by atoms with van der Waals surface area (Å²) in [5, 5.41) is 18.5. The summed E-state index contributed by atoms with van der Waals surface area (Å²) >= 11 is 11.4. The maximum absolute atomic E-state index is 11.3. The van der Waals surface area contributed by atoms with E-state index in [1.165, 1.54) is 0 Å². The lowest BCUT2D eigenvalue weighted by Gasteiger charge is -2.10. The molecule has 0 atom stereocenters.